The van der Waals surface area contributed by atoms with E-state index in [1.54, 1.807) is 42.5 Å². The second-order valence-electron chi connectivity index (χ2n) is 4.27. The Balaban J connectivity index is 2.17. The third-order valence-electron chi connectivity index (χ3n) is 2.72. The maximum absolute atomic E-state index is 12.1. The minimum Gasteiger partial charge on any atom is -0.325 e. The average Bonchev–Trinajstić information content (AvgIpc) is 2.51. The van der Waals surface area contributed by atoms with E-state index < -0.39 is 0 Å². The maximum atomic E-state index is 12.1. The van der Waals surface area contributed by atoms with Gasteiger partial charge in [-0.15, -0.1) is 0 Å². The number of anilines is 2. The molecule has 0 heterocycles. The quantitative estimate of drug-likeness (QED) is 0.811. The fraction of sp³-hybridized carbons (Fsp3) is 0.0667. The van der Waals surface area contributed by atoms with Gasteiger partial charge in [0.25, 0.3) is 5.91 Å². The molecule has 0 bridgehead atoms. The molecular formula is C15H14ClN3O2. The fourth-order valence-electron chi connectivity index (χ4n) is 1.69. The van der Waals surface area contributed by atoms with Gasteiger partial charge in [0.05, 0.1) is 17.3 Å². The average molecular weight is 304 g/mol. The van der Waals surface area contributed by atoms with E-state index in [1.165, 1.54) is 0 Å². The van der Waals surface area contributed by atoms with Crippen molar-refractivity contribution in [2.75, 3.05) is 17.2 Å². The molecule has 0 atom stereocenters. The largest absolute Gasteiger partial charge is 0.325 e. The number of carbonyl (C=O) groups is 2. The summed E-state index contributed by atoms with van der Waals surface area (Å²) in [6.07, 6.45) is 0. The van der Waals surface area contributed by atoms with Crippen molar-refractivity contribution in [2.45, 2.75) is 0 Å². The Hall–Kier alpha value is -2.37. The standard InChI is InChI=1S/C15H14ClN3O2/c16-12-7-6-11(18-14(20)9-17)8-13(12)19-15(21)10-4-2-1-3-5-10/h1-8H,9,17H2,(H,18,20)(H,19,21). The number of hydrogen-bond acceptors (Lipinski definition) is 3. The molecular weight excluding hydrogens is 290 g/mol. The first-order chi connectivity index (χ1) is 10.1. The Morgan fingerprint density at radius 2 is 1.76 bits per heavy atom. The van der Waals surface area contributed by atoms with Crippen LogP contribution in [0.2, 0.25) is 5.02 Å². The van der Waals surface area contributed by atoms with Crippen LogP contribution in [-0.2, 0) is 4.79 Å². The molecule has 0 saturated heterocycles. The van der Waals surface area contributed by atoms with Crippen molar-refractivity contribution in [1.82, 2.24) is 0 Å². The van der Waals surface area contributed by atoms with Crippen LogP contribution in [0, 0.1) is 0 Å². The summed E-state index contributed by atoms with van der Waals surface area (Å²) in [4.78, 5) is 23.3. The summed E-state index contributed by atoms with van der Waals surface area (Å²) < 4.78 is 0. The van der Waals surface area contributed by atoms with Crippen molar-refractivity contribution >= 4 is 34.8 Å². The van der Waals surface area contributed by atoms with E-state index in [9.17, 15) is 9.59 Å². The molecule has 21 heavy (non-hydrogen) atoms. The Morgan fingerprint density at radius 1 is 1.05 bits per heavy atom. The van der Waals surface area contributed by atoms with E-state index in [0.717, 1.165) is 0 Å². The number of rotatable bonds is 4. The highest BCUT2D eigenvalue weighted by atomic mass is 35.5. The topological polar surface area (TPSA) is 84.2 Å². The summed E-state index contributed by atoms with van der Waals surface area (Å²) in [7, 11) is 0. The van der Waals surface area contributed by atoms with Crippen molar-refractivity contribution in [3.05, 3.63) is 59.1 Å². The summed E-state index contributed by atoms with van der Waals surface area (Å²) in [6.45, 7) is -0.117. The maximum Gasteiger partial charge on any atom is 0.255 e. The molecule has 0 spiro atoms. The molecule has 5 nitrogen and oxygen atoms in total. The van der Waals surface area contributed by atoms with Crippen LogP contribution in [0.25, 0.3) is 0 Å². The van der Waals surface area contributed by atoms with Gasteiger partial charge in [0.2, 0.25) is 5.91 Å². The van der Waals surface area contributed by atoms with Gasteiger partial charge in [-0.1, -0.05) is 29.8 Å². The van der Waals surface area contributed by atoms with Crippen molar-refractivity contribution < 1.29 is 9.59 Å². The number of halogens is 1. The minimum atomic E-state index is -0.322. The zero-order chi connectivity index (χ0) is 15.2. The minimum absolute atomic E-state index is 0.117. The molecule has 0 aliphatic rings. The molecule has 0 aliphatic carbocycles. The van der Waals surface area contributed by atoms with E-state index in [2.05, 4.69) is 10.6 Å². The van der Waals surface area contributed by atoms with Crippen LogP contribution in [0.3, 0.4) is 0 Å². The van der Waals surface area contributed by atoms with Gasteiger partial charge in [-0.05, 0) is 30.3 Å². The van der Waals surface area contributed by atoms with Gasteiger partial charge in [0.1, 0.15) is 0 Å². The number of nitrogens with two attached hydrogens (primary N) is 1. The highest BCUT2D eigenvalue weighted by molar-refractivity contribution is 6.34. The lowest BCUT2D eigenvalue weighted by Crippen LogP contribution is -2.22. The molecule has 108 valence electrons. The molecule has 0 fully saturated rings. The zero-order valence-corrected chi connectivity index (χ0v) is 11.9. The molecule has 2 amide bonds. The number of hydrogen-bond donors (Lipinski definition) is 3. The number of benzene rings is 2. The van der Waals surface area contributed by atoms with Crippen LogP contribution < -0.4 is 16.4 Å². The molecule has 0 aromatic heterocycles. The first-order valence-electron chi connectivity index (χ1n) is 6.26. The Labute approximate surface area is 127 Å². The second-order valence-corrected chi connectivity index (χ2v) is 4.67. The van der Waals surface area contributed by atoms with Crippen LogP contribution in [0.5, 0.6) is 0 Å². The van der Waals surface area contributed by atoms with Crippen molar-refractivity contribution in [3.8, 4) is 0 Å². The molecule has 0 radical (unpaired) electrons. The summed E-state index contributed by atoms with van der Waals surface area (Å²) in [5.41, 5.74) is 6.68. The van der Waals surface area contributed by atoms with Crippen LogP contribution in [-0.4, -0.2) is 18.4 Å². The van der Waals surface area contributed by atoms with E-state index >= 15 is 0 Å². The lowest BCUT2D eigenvalue weighted by molar-refractivity contribution is -0.114. The molecule has 0 saturated carbocycles. The predicted molar refractivity (Wildman–Crippen MR) is 83.5 cm³/mol. The van der Waals surface area contributed by atoms with E-state index in [-0.39, 0.29) is 18.4 Å². The molecule has 0 unspecified atom stereocenters. The van der Waals surface area contributed by atoms with Crippen LogP contribution >= 0.6 is 11.6 Å². The molecule has 2 aromatic carbocycles. The molecule has 4 N–H and O–H groups in total. The lowest BCUT2D eigenvalue weighted by atomic mass is 10.2. The second kappa shape index (κ2) is 6.88. The number of carbonyl (C=O) groups excluding carboxylic acids is 2. The summed E-state index contributed by atoms with van der Waals surface area (Å²) >= 11 is 6.05. The molecule has 2 aromatic rings. The fourth-order valence-corrected chi connectivity index (χ4v) is 1.86. The normalized spacial score (nSPS) is 10.0. The third-order valence-corrected chi connectivity index (χ3v) is 3.05. The third kappa shape index (κ3) is 4.05. The first kappa shape index (κ1) is 15.0. The van der Waals surface area contributed by atoms with Gasteiger partial charge in [-0.3, -0.25) is 9.59 Å². The van der Waals surface area contributed by atoms with E-state index in [4.69, 9.17) is 17.3 Å². The van der Waals surface area contributed by atoms with Crippen molar-refractivity contribution in [3.63, 3.8) is 0 Å². The smallest absolute Gasteiger partial charge is 0.255 e. The molecule has 6 heteroatoms. The van der Waals surface area contributed by atoms with Gasteiger partial charge in [0, 0.05) is 11.3 Å². The highest BCUT2D eigenvalue weighted by Gasteiger charge is 2.09. The van der Waals surface area contributed by atoms with Crippen molar-refractivity contribution in [1.29, 1.82) is 0 Å². The van der Waals surface area contributed by atoms with E-state index in [0.29, 0.717) is 22.0 Å². The van der Waals surface area contributed by atoms with Gasteiger partial charge in [-0.2, -0.15) is 0 Å². The number of nitrogens with one attached hydrogen (secondary N) is 2. The van der Waals surface area contributed by atoms with Gasteiger partial charge in [-0.25, -0.2) is 0 Å². The Kier molecular flexibility index (Phi) is 4.92. The Bertz CT molecular complexity index is 659. The highest BCUT2D eigenvalue weighted by Crippen LogP contribution is 2.26. The predicted octanol–water partition coefficient (Wildman–Crippen LogP) is 2.49. The van der Waals surface area contributed by atoms with Crippen LogP contribution in [0.15, 0.2) is 48.5 Å². The molecule has 0 aliphatic heterocycles. The van der Waals surface area contributed by atoms with Gasteiger partial charge < -0.3 is 16.4 Å². The summed E-state index contributed by atoms with van der Waals surface area (Å²) in [6, 6.07) is 13.6. The Morgan fingerprint density at radius 3 is 2.43 bits per heavy atom. The summed E-state index contributed by atoms with van der Waals surface area (Å²) in [5, 5.41) is 5.68. The van der Waals surface area contributed by atoms with E-state index in [1.807, 2.05) is 6.07 Å². The zero-order valence-electron chi connectivity index (χ0n) is 11.1. The first-order valence-corrected chi connectivity index (χ1v) is 6.64. The van der Waals surface area contributed by atoms with Crippen LogP contribution in [0.4, 0.5) is 11.4 Å². The van der Waals surface area contributed by atoms with Gasteiger partial charge in [0.15, 0.2) is 0 Å². The number of amides is 2. The summed E-state index contributed by atoms with van der Waals surface area (Å²) in [5.74, 6) is -0.600. The SMILES string of the molecule is NCC(=O)Nc1ccc(Cl)c(NC(=O)c2ccccc2)c1. The molecule has 2 rings (SSSR count). The van der Waals surface area contributed by atoms with Crippen molar-refractivity contribution in [2.24, 2.45) is 5.73 Å². The monoisotopic (exact) mass is 303 g/mol. The van der Waals surface area contributed by atoms with Gasteiger partial charge >= 0.3 is 0 Å². The lowest BCUT2D eigenvalue weighted by Gasteiger charge is -2.10. The van der Waals surface area contributed by atoms with Crippen LogP contribution in [0.1, 0.15) is 10.4 Å².